The lowest BCUT2D eigenvalue weighted by molar-refractivity contribution is -0.121. The van der Waals surface area contributed by atoms with Crippen LogP contribution in [-0.4, -0.2) is 17.5 Å². The van der Waals surface area contributed by atoms with Crippen molar-refractivity contribution in [3.63, 3.8) is 0 Å². The second-order valence-electron chi connectivity index (χ2n) is 3.35. The molecule has 0 spiro atoms. The molecule has 0 bridgehead atoms. The predicted molar refractivity (Wildman–Crippen MR) is 49.9 cm³/mol. The summed E-state index contributed by atoms with van der Waals surface area (Å²) in [5.41, 5.74) is 1.09. The Bertz CT molecular complexity index is 169. The SMILES string of the molecule is C/C(=C\CO)CCC(=O)C(C)C. The number of aliphatic hydroxyl groups is 1. The Labute approximate surface area is 74.3 Å². The molecule has 0 heterocycles. The van der Waals surface area contributed by atoms with E-state index >= 15 is 0 Å². The Morgan fingerprint density at radius 1 is 1.42 bits per heavy atom. The summed E-state index contributed by atoms with van der Waals surface area (Å²) < 4.78 is 0. The van der Waals surface area contributed by atoms with Crippen molar-refractivity contribution < 1.29 is 9.90 Å². The van der Waals surface area contributed by atoms with E-state index in [4.69, 9.17) is 5.11 Å². The molecule has 0 atom stereocenters. The molecule has 0 saturated heterocycles. The van der Waals surface area contributed by atoms with Crippen molar-refractivity contribution in [1.82, 2.24) is 0 Å². The first kappa shape index (κ1) is 11.4. The van der Waals surface area contributed by atoms with Gasteiger partial charge in [-0.2, -0.15) is 0 Å². The molecule has 0 aromatic heterocycles. The smallest absolute Gasteiger partial charge is 0.135 e. The maximum Gasteiger partial charge on any atom is 0.135 e. The van der Waals surface area contributed by atoms with E-state index in [1.165, 1.54) is 0 Å². The molecule has 2 nitrogen and oxygen atoms in total. The van der Waals surface area contributed by atoms with Crippen LogP contribution in [0, 0.1) is 5.92 Å². The maximum atomic E-state index is 11.2. The molecule has 1 N–H and O–H groups in total. The third-order valence-electron chi connectivity index (χ3n) is 1.85. The summed E-state index contributed by atoms with van der Waals surface area (Å²) in [5.74, 6) is 0.424. The molecule has 0 aliphatic carbocycles. The summed E-state index contributed by atoms with van der Waals surface area (Å²) in [6.07, 6.45) is 3.12. The van der Waals surface area contributed by atoms with Crippen molar-refractivity contribution in [2.24, 2.45) is 5.92 Å². The van der Waals surface area contributed by atoms with Gasteiger partial charge in [0.15, 0.2) is 0 Å². The Morgan fingerprint density at radius 2 is 2.00 bits per heavy atom. The van der Waals surface area contributed by atoms with Crippen LogP contribution in [0.25, 0.3) is 0 Å². The summed E-state index contributed by atoms with van der Waals surface area (Å²) in [7, 11) is 0. The Balaban J connectivity index is 3.69. The van der Waals surface area contributed by atoms with Gasteiger partial charge in [-0.15, -0.1) is 0 Å². The van der Waals surface area contributed by atoms with Crippen molar-refractivity contribution in [1.29, 1.82) is 0 Å². The molecule has 0 rings (SSSR count). The zero-order chi connectivity index (χ0) is 9.56. The first-order valence-corrected chi connectivity index (χ1v) is 4.37. The van der Waals surface area contributed by atoms with E-state index in [9.17, 15) is 4.79 Å². The van der Waals surface area contributed by atoms with Crippen LogP contribution in [0.4, 0.5) is 0 Å². The molecule has 0 saturated carbocycles. The van der Waals surface area contributed by atoms with Crippen LogP contribution in [0.15, 0.2) is 11.6 Å². The van der Waals surface area contributed by atoms with Gasteiger partial charge in [0.05, 0.1) is 6.61 Å². The van der Waals surface area contributed by atoms with Gasteiger partial charge in [0.2, 0.25) is 0 Å². The molecule has 0 aromatic carbocycles. The van der Waals surface area contributed by atoms with Gasteiger partial charge >= 0.3 is 0 Å². The van der Waals surface area contributed by atoms with Gasteiger partial charge in [-0.1, -0.05) is 25.5 Å². The van der Waals surface area contributed by atoms with Crippen LogP contribution >= 0.6 is 0 Å². The highest BCUT2D eigenvalue weighted by atomic mass is 16.2. The van der Waals surface area contributed by atoms with Gasteiger partial charge in [0, 0.05) is 12.3 Å². The summed E-state index contributed by atoms with van der Waals surface area (Å²) in [6, 6.07) is 0. The molecule has 0 fully saturated rings. The average molecular weight is 170 g/mol. The highest BCUT2D eigenvalue weighted by Gasteiger charge is 2.06. The summed E-state index contributed by atoms with van der Waals surface area (Å²) >= 11 is 0. The minimum absolute atomic E-state index is 0.0711. The van der Waals surface area contributed by atoms with E-state index in [0.717, 1.165) is 12.0 Å². The monoisotopic (exact) mass is 170 g/mol. The minimum atomic E-state index is 0.0711. The van der Waals surface area contributed by atoms with Gasteiger partial charge in [-0.3, -0.25) is 4.79 Å². The molecule has 0 aliphatic heterocycles. The quantitative estimate of drug-likeness (QED) is 0.640. The number of ketones is 1. The van der Waals surface area contributed by atoms with Crippen molar-refractivity contribution in [3.05, 3.63) is 11.6 Å². The normalized spacial score (nSPS) is 12.2. The zero-order valence-corrected chi connectivity index (χ0v) is 8.13. The fraction of sp³-hybridized carbons (Fsp3) is 0.700. The van der Waals surface area contributed by atoms with Crippen LogP contribution in [0.1, 0.15) is 33.6 Å². The van der Waals surface area contributed by atoms with Gasteiger partial charge in [0.25, 0.3) is 0 Å². The second kappa shape index (κ2) is 5.95. The zero-order valence-electron chi connectivity index (χ0n) is 8.13. The minimum Gasteiger partial charge on any atom is -0.392 e. The second-order valence-corrected chi connectivity index (χ2v) is 3.35. The number of rotatable bonds is 5. The number of allylic oxidation sites excluding steroid dienone is 1. The van der Waals surface area contributed by atoms with Gasteiger partial charge < -0.3 is 5.11 Å². The first-order chi connectivity index (χ1) is 5.57. The summed E-state index contributed by atoms with van der Waals surface area (Å²) in [5, 5.41) is 8.55. The van der Waals surface area contributed by atoms with Crippen molar-refractivity contribution in [3.8, 4) is 0 Å². The molecule has 2 heteroatoms. The van der Waals surface area contributed by atoms with E-state index in [2.05, 4.69) is 0 Å². The molecule has 70 valence electrons. The number of hydrogen-bond acceptors (Lipinski definition) is 2. The van der Waals surface area contributed by atoms with E-state index < -0.39 is 0 Å². The van der Waals surface area contributed by atoms with Crippen LogP contribution in [0.2, 0.25) is 0 Å². The Kier molecular flexibility index (Phi) is 5.64. The molecule has 0 radical (unpaired) electrons. The molecular weight excluding hydrogens is 152 g/mol. The number of hydrogen-bond donors (Lipinski definition) is 1. The Morgan fingerprint density at radius 3 is 2.42 bits per heavy atom. The fourth-order valence-electron chi connectivity index (χ4n) is 0.867. The van der Waals surface area contributed by atoms with E-state index in [0.29, 0.717) is 12.2 Å². The van der Waals surface area contributed by atoms with Crippen LogP contribution in [0.3, 0.4) is 0 Å². The van der Waals surface area contributed by atoms with E-state index in [1.807, 2.05) is 20.8 Å². The van der Waals surface area contributed by atoms with Crippen LogP contribution in [-0.2, 0) is 4.79 Å². The number of Topliss-reactive ketones (excluding diaryl/α,β-unsaturated/α-hetero) is 1. The molecule has 0 aliphatic rings. The first-order valence-electron chi connectivity index (χ1n) is 4.37. The van der Waals surface area contributed by atoms with Crippen molar-refractivity contribution >= 4 is 5.78 Å². The maximum absolute atomic E-state index is 11.2. The predicted octanol–water partition coefficient (Wildman–Crippen LogP) is 1.93. The molecule has 0 amide bonds. The Hall–Kier alpha value is -0.630. The average Bonchev–Trinajstić information content (AvgIpc) is 2.00. The third kappa shape index (κ3) is 5.08. The fourth-order valence-corrected chi connectivity index (χ4v) is 0.867. The van der Waals surface area contributed by atoms with E-state index in [1.54, 1.807) is 6.08 Å². The van der Waals surface area contributed by atoms with Crippen molar-refractivity contribution in [2.45, 2.75) is 33.6 Å². The molecule has 12 heavy (non-hydrogen) atoms. The standard InChI is InChI=1S/C10H18O2/c1-8(2)10(12)5-4-9(3)6-7-11/h6,8,11H,4-5,7H2,1-3H3/b9-6+. The highest BCUT2D eigenvalue weighted by molar-refractivity contribution is 5.80. The number of carbonyl (C=O) groups excluding carboxylic acids is 1. The third-order valence-corrected chi connectivity index (χ3v) is 1.85. The largest absolute Gasteiger partial charge is 0.392 e. The summed E-state index contributed by atoms with van der Waals surface area (Å²) in [4.78, 5) is 11.2. The number of carbonyl (C=O) groups is 1. The number of aliphatic hydroxyl groups excluding tert-OH is 1. The highest BCUT2D eigenvalue weighted by Crippen LogP contribution is 2.07. The molecule has 0 aromatic rings. The lowest BCUT2D eigenvalue weighted by Gasteiger charge is -2.03. The van der Waals surface area contributed by atoms with E-state index in [-0.39, 0.29) is 12.5 Å². The topological polar surface area (TPSA) is 37.3 Å². The summed E-state index contributed by atoms with van der Waals surface area (Å²) in [6.45, 7) is 5.83. The van der Waals surface area contributed by atoms with Crippen molar-refractivity contribution in [2.75, 3.05) is 6.61 Å². The molecule has 0 unspecified atom stereocenters. The van der Waals surface area contributed by atoms with Gasteiger partial charge in [-0.25, -0.2) is 0 Å². The lowest BCUT2D eigenvalue weighted by atomic mass is 10.0. The lowest BCUT2D eigenvalue weighted by Crippen LogP contribution is -2.06. The van der Waals surface area contributed by atoms with Gasteiger partial charge in [0.1, 0.15) is 5.78 Å². The van der Waals surface area contributed by atoms with Gasteiger partial charge in [-0.05, 0) is 13.3 Å². The van der Waals surface area contributed by atoms with Crippen LogP contribution in [0.5, 0.6) is 0 Å². The molecular formula is C10H18O2. The van der Waals surface area contributed by atoms with Crippen LogP contribution < -0.4 is 0 Å².